The normalized spacial score (nSPS) is 23.6. The number of nitrogens with one attached hydrogen (secondary N) is 1. The van der Waals surface area contributed by atoms with E-state index in [4.69, 9.17) is 5.73 Å². The fourth-order valence-corrected chi connectivity index (χ4v) is 1.32. The van der Waals surface area contributed by atoms with Crippen molar-refractivity contribution in [3.8, 4) is 0 Å². The Morgan fingerprint density at radius 2 is 2.21 bits per heavy atom. The highest BCUT2D eigenvalue weighted by Crippen LogP contribution is 2.12. The standard InChI is InChI=1S/C8H13N3O3/c1-3-5-7(13)11(8(14)10-5)4(2)6(9)12/h4-5H,3H2,1-2H3,(H2,9,12)(H,10,14)/t4-,5?/m0/s1. The fraction of sp³-hybridized carbons (Fsp3) is 0.625. The van der Waals surface area contributed by atoms with E-state index in [0.29, 0.717) is 6.42 Å². The lowest BCUT2D eigenvalue weighted by molar-refractivity contribution is -0.134. The van der Waals surface area contributed by atoms with Crippen molar-refractivity contribution in [2.24, 2.45) is 5.73 Å². The molecule has 14 heavy (non-hydrogen) atoms. The molecule has 0 aliphatic carbocycles. The average molecular weight is 199 g/mol. The first-order valence-electron chi connectivity index (χ1n) is 4.42. The van der Waals surface area contributed by atoms with Crippen molar-refractivity contribution in [1.29, 1.82) is 0 Å². The number of carbonyl (C=O) groups is 3. The minimum Gasteiger partial charge on any atom is -0.368 e. The van der Waals surface area contributed by atoms with Crippen molar-refractivity contribution in [2.45, 2.75) is 32.4 Å². The molecule has 2 atom stereocenters. The van der Waals surface area contributed by atoms with Crippen molar-refractivity contribution in [3.63, 3.8) is 0 Å². The van der Waals surface area contributed by atoms with Crippen LogP contribution in [0.3, 0.4) is 0 Å². The highest BCUT2D eigenvalue weighted by atomic mass is 16.2. The van der Waals surface area contributed by atoms with E-state index in [2.05, 4.69) is 5.32 Å². The summed E-state index contributed by atoms with van der Waals surface area (Å²) < 4.78 is 0. The Balaban J connectivity index is 2.85. The van der Waals surface area contributed by atoms with E-state index in [9.17, 15) is 14.4 Å². The summed E-state index contributed by atoms with van der Waals surface area (Å²) in [6.07, 6.45) is 0.507. The van der Waals surface area contributed by atoms with Gasteiger partial charge in [-0.15, -0.1) is 0 Å². The van der Waals surface area contributed by atoms with Gasteiger partial charge in [-0.05, 0) is 13.3 Å². The number of nitrogens with two attached hydrogens (primary N) is 1. The summed E-state index contributed by atoms with van der Waals surface area (Å²) in [5.41, 5.74) is 5.01. The summed E-state index contributed by atoms with van der Waals surface area (Å²) in [5, 5.41) is 2.47. The number of carbonyl (C=O) groups excluding carboxylic acids is 3. The van der Waals surface area contributed by atoms with Crippen LogP contribution in [0.2, 0.25) is 0 Å². The predicted molar refractivity (Wildman–Crippen MR) is 48.1 cm³/mol. The van der Waals surface area contributed by atoms with Crippen LogP contribution in [0.5, 0.6) is 0 Å². The van der Waals surface area contributed by atoms with Gasteiger partial charge in [0, 0.05) is 0 Å². The number of amides is 4. The summed E-state index contributed by atoms with van der Waals surface area (Å²) in [7, 11) is 0. The molecule has 0 bridgehead atoms. The Hall–Kier alpha value is -1.59. The van der Waals surface area contributed by atoms with Crippen LogP contribution >= 0.6 is 0 Å². The molecule has 0 radical (unpaired) electrons. The molecule has 1 saturated heterocycles. The van der Waals surface area contributed by atoms with Gasteiger partial charge < -0.3 is 11.1 Å². The molecule has 6 nitrogen and oxygen atoms in total. The first-order chi connectivity index (χ1) is 6.49. The topological polar surface area (TPSA) is 92.5 Å². The van der Waals surface area contributed by atoms with Crippen LogP contribution in [-0.2, 0) is 9.59 Å². The van der Waals surface area contributed by atoms with E-state index in [0.717, 1.165) is 4.90 Å². The lowest BCUT2D eigenvalue weighted by Gasteiger charge is -2.17. The van der Waals surface area contributed by atoms with Crippen LogP contribution in [0, 0.1) is 0 Å². The largest absolute Gasteiger partial charge is 0.368 e. The summed E-state index contributed by atoms with van der Waals surface area (Å²) in [6, 6.07) is -1.96. The zero-order chi connectivity index (χ0) is 10.9. The van der Waals surface area contributed by atoms with Gasteiger partial charge in [-0.1, -0.05) is 6.92 Å². The third-order valence-corrected chi connectivity index (χ3v) is 2.26. The van der Waals surface area contributed by atoms with Crippen molar-refractivity contribution in [1.82, 2.24) is 10.2 Å². The zero-order valence-corrected chi connectivity index (χ0v) is 8.11. The maximum atomic E-state index is 11.5. The van der Waals surface area contributed by atoms with Gasteiger partial charge in [0.25, 0.3) is 5.91 Å². The smallest absolute Gasteiger partial charge is 0.325 e. The van der Waals surface area contributed by atoms with Crippen LogP contribution in [0.25, 0.3) is 0 Å². The maximum absolute atomic E-state index is 11.5. The molecule has 1 heterocycles. The van der Waals surface area contributed by atoms with Gasteiger partial charge in [0.15, 0.2) is 0 Å². The lowest BCUT2D eigenvalue weighted by atomic mass is 10.2. The molecule has 0 spiro atoms. The van der Waals surface area contributed by atoms with E-state index >= 15 is 0 Å². The van der Waals surface area contributed by atoms with Crippen molar-refractivity contribution >= 4 is 17.8 Å². The van der Waals surface area contributed by atoms with E-state index in [-0.39, 0.29) is 5.91 Å². The molecule has 0 aromatic heterocycles. The molecule has 78 valence electrons. The third-order valence-electron chi connectivity index (χ3n) is 2.26. The van der Waals surface area contributed by atoms with Gasteiger partial charge in [-0.3, -0.25) is 14.5 Å². The molecule has 3 N–H and O–H groups in total. The predicted octanol–water partition coefficient (Wildman–Crippen LogP) is -0.809. The van der Waals surface area contributed by atoms with Crippen LogP contribution in [0.4, 0.5) is 4.79 Å². The SMILES string of the molecule is CCC1NC(=O)N([C@@H](C)C(N)=O)C1=O. The number of imide groups is 1. The Morgan fingerprint density at radius 1 is 1.64 bits per heavy atom. The Labute approximate surface area is 81.4 Å². The molecule has 1 unspecified atom stereocenters. The number of urea groups is 1. The Morgan fingerprint density at radius 3 is 2.57 bits per heavy atom. The first-order valence-corrected chi connectivity index (χ1v) is 4.42. The lowest BCUT2D eigenvalue weighted by Crippen LogP contribution is -2.46. The highest BCUT2D eigenvalue weighted by molar-refractivity contribution is 6.07. The van der Waals surface area contributed by atoms with Crippen molar-refractivity contribution in [3.05, 3.63) is 0 Å². The monoisotopic (exact) mass is 199 g/mol. The molecule has 4 amide bonds. The second-order valence-electron chi connectivity index (χ2n) is 3.20. The number of nitrogens with zero attached hydrogens (tertiary/aromatic N) is 1. The zero-order valence-electron chi connectivity index (χ0n) is 8.11. The van der Waals surface area contributed by atoms with Gasteiger partial charge in [0.1, 0.15) is 12.1 Å². The molecule has 0 saturated carbocycles. The van der Waals surface area contributed by atoms with E-state index in [1.165, 1.54) is 6.92 Å². The summed E-state index contributed by atoms with van der Waals surface area (Å²) in [6.45, 7) is 3.21. The molecule has 0 aromatic rings. The fourth-order valence-electron chi connectivity index (χ4n) is 1.32. The summed E-state index contributed by atoms with van der Waals surface area (Å²) in [5.74, 6) is -1.07. The van der Waals surface area contributed by atoms with Gasteiger partial charge in [-0.25, -0.2) is 4.79 Å². The maximum Gasteiger partial charge on any atom is 0.325 e. The minimum atomic E-state index is -0.890. The Kier molecular flexibility index (Phi) is 2.73. The average Bonchev–Trinajstić information content (AvgIpc) is 2.40. The second kappa shape index (κ2) is 3.65. The summed E-state index contributed by atoms with van der Waals surface area (Å²) in [4.78, 5) is 34.5. The highest BCUT2D eigenvalue weighted by Gasteiger charge is 2.41. The molecule has 6 heteroatoms. The quantitative estimate of drug-likeness (QED) is 0.582. The second-order valence-corrected chi connectivity index (χ2v) is 3.20. The molecule has 1 rings (SSSR count). The van der Waals surface area contributed by atoms with E-state index < -0.39 is 24.0 Å². The number of primary amides is 1. The third kappa shape index (κ3) is 1.55. The van der Waals surface area contributed by atoms with Crippen LogP contribution in [0.15, 0.2) is 0 Å². The van der Waals surface area contributed by atoms with Crippen LogP contribution in [0.1, 0.15) is 20.3 Å². The minimum absolute atomic E-state index is 0.385. The molecule has 1 aliphatic rings. The summed E-state index contributed by atoms with van der Waals surface area (Å²) >= 11 is 0. The van der Waals surface area contributed by atoms with Crippen molar-refractivity contribution < 1.29 is 14.4 Å². The van der Waals surface area contributed by atoms with E-state index in [1.54, 1.807) is 6.92 Å². The van der Waals surface area contributed by atoms with Crippen LogP contribution < -0.4 is 11.1 Å². The molecule has 0 aromatic carbocycles. The van der Waals surface area contributed by atoms with Gasteiger partial charge in [-0.2, -0.15) is 0 Å². The number of rotatable bonds is 3. The van der Waals surface area contributed by atoms with Gasteiger partial charge in [0.2, 0.25) is 5.91 Å². The van der Waals surface area contributed by atoms with Gasteiger partial charge in [0.05, 0.1) is 0 Å². The van der Waals surface area contributed by atoms with Crippen molar-refractivity contribution in [2.75, 3.05) is 0 Å². The first kappa shape index (κ1) is 10.5. The van der Waals surface area contributed by atoms with Crippen LogP contribution in [-0.4, -0.2) is 34.8 Å². The number of hydrogen-bond donors (Lipinski definition) is 2. The molecule has 1 aliphatic heterocycles. The van der Waals surface area contributed by atoms with Gasteiger partial charge >= 0.3 is 6.03 Å². The molecule has 1 fully saturated rings. The van der Waals surface area contributed by atoms with E-state index in [1.807, 2.05) is 0 Å². The number of hydrogen-bond acceptors (Lipinski definition) is 3. The molecular formula is C8H13N3O3. The molecular weight excluding hydrogens is 186 g/mol. The Bertz CT molecular complexity index is 290.